The van der Waals surface area contributed by atoms with Gasteiger partial charge in [0.15, 0.2) is 6.61 Å². The fourth-order valence-corrected chi connectivity index (χ4v) is 2.89. The number of hydrogen-bond donors (Lipinski definition) is 2. The molecule has 0 aliphatic rings. The van der Waals surface area contributed by atoms with Crippen molar-refractivity contribution >= 4 is 34.3 Å². The average molecular weight is 375 g/mol. The fraction of sp³-hybridized carbons (Fsp3) is 0.143. The van der Waals surface area contributed by atoms with Crippen molar-refractivity contribution in [3.05, 3.63) is 65.4 Å². The number of benzene rings is 2. The topological polar surface area (TPSA) is 112 Å². The van der Waals surface area contributed by atoms with Crippen LogP contribution >= 0.6 is 0 Å². The van der Waals surface area contributed by atoms with Crippen molar-refractivity contribution < 1.29 is 19.1 Å². The number of hydrogen-bond acceptors (Lipinski definition) is 5. The fourth-order valence-electron chi connectivity index (χ4n) is 2.89. The maximum absolute atomic E-state index is 12.5. The normalized spacial score (nSPS) is 10.3. The SMILES string of the molecule is Cc1[nH]c2ccccc2c1C(=O)COC(=O)c1ccc(NC(=O)CC#N)cc1. The molecule has 1 amide bonds. The Labute approximate surface area is 160 Å². The number of amides is 1. The van der Waals surface area contributed by atoms with Gasteiger partial charge in [-0.05, 0) is 37.3 Å². The van der Waals surface area contributed by atoms with Gasteiger partial charge in [0, 0.05) is 27.8 Å². The minimum Gasteiger partial charge on any atom is -0.454 e. The third kappa shape index (κ3) is 4.07. The minimum absolute atomic E-state index is 0.251. The molecule has 7 nitrogen and oxygen atoms in total. The zero-order valence-electron chi connectivity index (χ0n) is 15.1. The number of H-pyrrole nitrogens is 1. The molecule has 0 atom stereocenters. The van der Waals surface area contributed by atoms with Crippen molar-refractivity contribution in [1.82, 2.24) is 4.98 Å². The number of ether oxygens (including phenoxy) is 1. The largest absolute Gasteiger partial charge is 0.454 e. The summed E-state index contributed by atoms with van der Waals surface area (Å²) in [7, 11) is 0. The summed E-state index contributed by atoms with van der Waals surface area (Å²) in [5.74, 6) is -1.36. The summed E-state index contributed by atoms with van der Waals surface area (Å²) in [6.45, 7) is 1.43. The number of esters is 1. The predicted octanol–water partition coefficient (Wildman–Crippen LogP) is 3.37. The van der Waals surface area contributed by atoms with Gasteiger partial charge in [0.05, 0.1) is 11.6 Å². The molecule has 140 valence electrons. The van der Waals surface area contributed by atoms with E-state index in [2.05, 4.69) is 10.3 Å². The summed E-state index contributed by atoms with van der Waals surface area (Å²) in [5, 5.41) is 11.8. The summed E-state index contributed by atoms with van der Waals surface area (Å²) in [6, 6.07) is 15.2. The average Bonchev–Trinajstić information content (AvgIpc) is 3.02. The Bertz CT molecular complexity index is 1090. The van der Waals surface area contributed by atoms with Gasteiger partial charge in [-0.3, -0.25) is 9.59 Å². The van der Waals surface area contributed by atoms with Crippen LogP contribution in [0, 0.1) is 18.3 Å². The van der Waals surface area contributed by atoms with Gasteiger partial charge in [0.2, 0.25) is 11.7 Å². The molecule has 0 saturated carbocycles. The molecule has 0 aliphatic heterocycles. The second-order valence-corrected chi connectivity index (χ2v) is 6.13. The number of aryl methyl sites for hydroxylation is 1. The lowest BCUT2D eigenvalue weighted by Gasteiger charge is -2.06. The number of anilines is 1. The highest BCUT2D eigenvalue weighted by atomic mass is 16.5. The van der Waals surface area contributed by atoms with Gasteiger partial charge in [-0.2, -0.15) is 5.26 Å². The summed E-state index contributed by atoms with van der Waals surface area (Å²) in [6.07, 6.45) is -0.251. The van der Waals surface area contributed by atoms with Crippen LogP contribution in [0.3, 0.4) is 0 Å². The first-order valence-electron chi connectivity index (χ1n) is 8.54. The van der Waals surface area contributed by atoms with Crippen molar-refractivity contribution in [2.24, 2.45) is 0 Å². The number of carbonyl (C=O) groups excluding carboxylic acids is 3. The Kier molecular flexibility index (Phi) is 5.51. The zero-order chi connectivity index (χ0) is 20.1. The maximum Gasteiger partial charge on any atom is 0.338 e. The van der Waals surface area contributed by atoms with Gasteiger partial charge in [-0.25, -0.2) is 4.79 Å². The van der Waals surface area contributed by atoms with E-state index in [1.807, 2.05) is 24.3 Å². The van der Waals surface area contributed by atoms with Gasteiger partial charge >= 0.3 is 5.97 Å². The molecule has 0 bridgehead atoms. The third-order valence-electron chi connectivity index (χ3n) is 4.15. The first-order chi connectivity index (χ1) is 13.5. The first-order valence-corrected chi connectivity index (χ1v) is 8.54. The quantitative estimate of drug-likeness (QED) is 0.507. The maximum atomic E-state index is 12.5. The van der Waals surface area contributed by atoms with Crippen molar-refractivity contribution in [2.75, 3.05) is 11.9 Å². The van der Waals surface area contributed by atoms with Gasteiger partial charge in [-0.1, -0.05) is 18.2 Å². The van der Waals surface area contributed by atoms with E-state index in [9.17, 15) is 14.4 Å². The van der Waals surface area contributed by atoms with E-state index >= 15 is 0 Å². The van der Waals surface area contributed by atoms with E-state index in [1.54, 1.807) is 13.0 Å². The second-order valence-electron chi connectivity index (χ2n) is 6.13. The lowest BCUT2D eigenvalue weighted by Crippen LogP contribution is -2.15. The molecule has 0 saturated heterocycles. The number of aromatic nitrogens is 1. The molecule has 3 aromatic rings. The number of rotatable bonds is 6. The Morgan fingerprint density at radius 1 is 1.11 bits per heavy atom. The smallest absolute Gasteiger partial charge is 0.338 e. The molecule has 3 rings (SSSR count). The van der Waals surface area contributed by atoms with E-state index in [4.69, 9.17) is 10.00 Å². The van der Waals surface area contributed by atoms with Crippen molar-refractivity contribution in [2.45, 2.75) is 13.3 Å². The standard InChI is InChI=1S/C21H17N3O4/c1-13-20(16-4-2-3-5-17(16)23-13)18(25)12-28-21(27)14-6-8-15(9-7-14)24-19(26)10-11-22/h2-9,23H,10,12H2,1H3,(H,24,26). The van der Waals surface area contributed by atoms with Crippen LogP contribution in [-0.4, -0.2) is 29.3 Å². The van der Waals surface area contributed by atoms with Crippen LogP contribution in [-0.2, 0) is 9.53 Å². The monoisotopic (exact) mass is 375 g/mol. The van der Waals surface area contributed by atoms with E-state index in [1.165, 1.54) is 24.3 Å². The highest BCUT2D eigenvalue weighted by Gasteiger charge is 2.18. The molecule has 1 aromatic heterocycles. The third-order valence-corrected chi connectivity index (χ3v) is 4.15. The number of Topliss-reactive ketones (excluding diaryl/α,β-unsaturated/α-hetero) is 1. The van der Waals surface area contributed by atoms with E-state index in [-0.39, 0.29) is 24.4 Å². The van der Waals surface area contributed by atoms with Crippen LogP contribution < -0.4 is 5.32 Å². The van der Waals surface area contributed by atoms with Crippen LogP contribution in [0.1, 0.15) is 32.8 Å². The molecule has 0 fully saturated rings. The van der Waals surface area contributed by atoms with Crippen molar-refractivity contribution in [3.63, 3.8) is 0 Å². The molecule has 0 unspecified atom stereocenters. The lowest BCUT2D eigenvalue weighted by atomic mass is 10.1. The van der Waals surface area contributed by atoms with E-state index in [0.717, 1.165) is 16.6 Å². The van der Waals surface area contributed by atoms with Crippen LogP contribution in [0.5, 0.6) is 0 Å². The van der Waals surface area contributed by atoms with Crippen LogP contribution in [0.2, 0.25) is 0 Å². The molecule has 0 radical (unpaired) electrons. The number of carbonyl (C=O) groups is 3. The Balaban J connectivity index is 1.63. The van der Waals surface area contributed by atoms with Gasteiger partial charge in [0.25, 0.3) is 0 Å². The number of ketones is 1. The van der Waals surface area contributed by atoms with Gasteiger partial charge in [0.1, 0.15) is 6.42 Å². The van der Waals surface area contributed by atoms with Crippen LogP contribution in [0.15, 0.2) is 48.5 Å². The van der Waals surface area contributed by atoms with Crippen molar-refractivity contribution in [1.29, 1.82) is 5.26 Å². The number of aromatic amines is 1. The lowest BCUT2D eigenvalue weighted by molar-refractivity contribution is -0.115. The van der Waals surface area contributed by atoms with E-state index in [0.29, 0.717) is 11.3 Å². The molecule has 2 N–H and O–H groups in total. The number of nitriles is 1. The number of fused-ring (bicyclic) bond motifs is 1. The molecule has 7 heteroatoms. The summed E-state index contributed by atoms with van der Waals surface area (Å²) in [4.78, 5) is 39.3. The first kappa shape index (κ1) is 18.9. The number of para-hydroxylation sites is 1. The predicted molar refractivity (Wildman–Crippen MR) is 103 cm³/mol. The van der Waals surface area contributed by atoms with Crippen LogP contribution in [0.4, 0.5) is 5.69 Å². The second kappa shape index (κ2) is 8.18. The molecule has 1 heterocycles. The number of nitrogens with zero attached hydrogens (tertiary/aromatic N) is 1. The van der Waals surface area contributed by atoms with Crippen molar-refractivity contribution in [3.8, 4) is 6.07 Å². The highest BCUT2D eigenvalue weighted by Crippen LogP contribution is 2.22. The van der Waals surface area contributed by atoms with Crippen LogP contribution in [0.25, 0.3) is 10.9 Å². The minimum atomic E-state index is -0.638. The molecular weight excluding hydrogens is 358 g/mol. The molecular formula is C21H17N3O4. The summed E-state index contributed by atoms with van der Waals surface area (Å²) < 4.78 is 5.14. The number of nitrogens with one attached hydrogen (secondary N) is 2. The molecule has 28 heavy (non-hydrogen) atoms. The Hall–Kier alpha value is -3.92. The Morgan fingerprint density at radius 3 is 2.54 bits per heavy atom. The summed E-state index contributed by atoms with van der Waals surface area (Å²) >= 11 is 0. The van der Waals surface area contributed by atoms with Gasteiger partial charge in [-0.15, -0.1) is 0 Å². The van der Waals surface area contributed by atoms with Gasteiger partial charge < -0.3 is 15.0 Å². The zero-order valence-corrected chi connectivity index (χ0v) is 15.1. The van der Waals surface area contributed by atoms with E-state index < -0.39 is 11.9 Å². The Morgan fingerprint density at radius 2 is 1.82 bits per heavy atom. The molecule has 0 spiro atoms. The highest BCUT2D eigenvalue weighted by molar-refractivity contribution is 6.10. The molecule has 2 aromatic carbocycles. The molecule has 0 aliphatic carbocycles. The summed E-state index contributed by atoms with van der Waals surface area (Å²) in [5.41, 5.74) is 2.80.